The average molecular weight is 426 g/mol. The summed E-state index contributed by atoms with van der Waals surface area (Å²) < 4.78 is 15.3. The van der Waals surface area contributed by atoms with Gasteiger partial charge >= 0.3 is 11.6 Å². The van der Waals surface area contributed by atoms with Crippen molar-refractivity contribution in [1.82, 2.24) is 5.32 Å². The molecule has 0 spiro atoms. The summed E-state index contributed by atoms with van der Waals surface area (Å²) in [5.41, 5.74) is -1.11. The summed E-state index contributed by atoms with van der Waals surface area (Å²) in [4.78, 5) is 46.9. The van der Waals surface area contributed by atoms with Crippen molar-refractivity contribution < 1.29 is 28.4 Å². The number of non-ortho nitro benzene ring substituents is 1. The molecule has 0 saturated heterocycles. The Labute approximate surface area is 175 Å². The monoisotopic (exact) mass is 426 g/mol. The summed E-state index contributed by atoms with van der Waals surface area (Å²) in [6, 6.07) is 10.8. The van der Waals surface area contributed by atoms with Crippen LogP contribution >= 0.6 is 0 Å². The highest BCUT2D eigenvalue weighted by Gasteiger charge is 2.16. The van der Waals surface area contributed by atoms with Gasteiger partial charge < -0.3 is 19.2 Å². The SMILES string of the molecule is COCCCNC(=O)c1cc2ccc(OC(=O)c3cccc([N+](=O)[O-])c3)cc2oc1=O. The van der Waals surface area contributed by atoms with Crippen LogP contribution in [0.2, 0.25) is 0 Å². The Balaban J connectivity index is 1.78. The summed E-state index contributed by atoms with van der Waals surface area (Å²) >= 11 is 0. The second-order valence-corrected chi connectivity index (χ2v) is 6.45. The predicted molar refractivity (Wildman–Crippen MR) is 109 cm³/mol. The van der Waals surface area contributed by atoms with Gasteiger partial charge in [0.2, 0.25) is 0 Å². The Morgan fingerprint density at radius 3 is 2.71 bits per heavy atom. The highest BCUT2D eigenvalue weighted by Crippen LogP contribution is 2.22. The van der Waals surface area contributed by atoms with Crippen LogP contribution in [0.1, 0.15) is 27.1 Å². The van der Waals surface area contributed by atoms with Gasteiger partial charge in [0.05, 0.1) is 10.5 Å². The lowest BCUT2D eigenvalue weighted by atomic mass is 10.1. The molecule has 1 N–H and O–H groups in total. The first-order chi connectivity index (χ1) is 14.9. The van der Waals surface area contributed by atoms with E-state index >= 15 is 0 Å². The van der Waals surface area contributed by atoms with E-state index in [0.29, 0.717) is 25.0 Å². The third-order valence-electron chi connectivity index (χ3n) is 4.27. The molecule has 3 rings (SSSR count). The van der Waals surface area contributed by atoms with Gasteiger partial charge in [-0.15, -0.1) is 0 Å². The zero-order valence-electron chi connectivity index (χ0n) is 16.5. The standard InChI is InChI=1S/C21H18N2O8/c1-29-9-3-8-22-19(24)17-11-13-6-7-16(12-18(13)31-21(17)26)30-20(25)14-4-2-5-15(10-14)23(27)28/h2,4-7,10-12H,3,8-9H2,1H3,(H,22,24). The number of nitro benzene ring substituents is 1. The molecule has 10 nitrogen and oxygen atoms in total. The van der Waals surface area contributed by atoms with Crippen molar-refractivity contribution in [2.45, 2.75) is 6.42 Å². The van der Waals surface area contributed by atoms with Crippen LogP contribution in [-0.2, 0) is 4.74 Å². The van der Waals surface area contributed by atoms with E-state index in [1.807, 2.05) is 0 Å². The first-order valence-corrected chi connectivity index (χ1v) is 9.20. The molecule has 0 aliphatic carbocycles. The summed E-state index contributed by atoms with van der Waals surface area (Å²) in [7, 11) is 1.55. The highest BCUT2D eigenvalue weighted by molar-refractivity contribution is 5.97. The second-order valence-electron chi connectivity index (χ2n) is 6.45. The number of hydrogen-bond donors (Lipinski definition) is 1. The molecule has 0 saturated carbocycles. The number of fused-ring (bicyclic) bond motifs is 1. The van der Waals surface area contributed by atoms with Crippen LogP contribution < -0.4 is 15.7 Å². The molecule has 0 fully saturated rings. The Morgan fingerprint density at radius 2 is 1.97 bits per heavy atom. The lowest BCUT2D eigenvalue weighted by molar-refractivity contribution is -0.384. The van der Waals surface area contributed by atoms with Crippen LogP contribution in [0.4, 0.5) is 5.69 Å². The van der Waals surface area contributed by atoms with Crippen LogP contribution in [0.25, 0.3) is 11.0 Å². The van der Waals surface area contributed by atoms with Crippen molar-refractivity contribution in [2.75, 3.05) is 20.3 Å². The van der Waals surface area contributed by atoms with E-state index in [1.54, 1.807) is 7.11 Å². The van der Waals surface area contributed by atoms with Crippen LogP contribution in [0.5, 0.6) is 5.75 Å². The smallest absolute Gasteiger partial charge is 0.349 e. The van der Waals surface area contributed by atoms with Crippen LogP contribution in [-0.4, -0.2) is 37.1 Å². The zero-order valence-corrected chi connectivity index (χ0v) is 16.5. The molecule has 0 aliphatic rings. The first-order valence-electron chi connectivity index (χ1n) is 9.20. The fraction of sp³-hybridized carbons (Fsp3) is 0.190. The van der Waals surface area contributed by atoms with Gasteiger partial charge in [0.15, 0.2) is 0 Å². The molecule has 1 aromatic heterocycles. The van der Waals surface area contributed by atoms with Gasteiger partial charge in [-0.05, 0) is 30.7 Å². The minimum atomic E-state index is -0.834. The molecule has 0 radical (unpaired) electrons. The normalized spacial score (nSPS) is 10.6. The fourth-order valence-corrected chi connectivity index (χ4v) is 2.74. The Bertz CT molecular complexity index is 1200. The molecule has 1 heterocycles. The van der Waals surface area contributed by atoms with Crippen molar-refractivity contribution in [3.05, 3.63) is 80.2 Å². The van der Waals surface area contributed by atoms with E-state index < -0.39 is 22.4 Å². The van der Waals surface area contributed by atoms with E-state index in [-0.39, 0.29) is 28.1 Å². The number of carbonyl (C=O) groups is 2. The van der Waals surface area contributed by atoms with Gasteiger partial charge in [-0.2, -0.15) is 0 Å². The number of nitrogens with one attached hydrogen (secondary N) is 1. The summed E-state index contributed by atoms with van der Waals surface area (Å²) in [5, 5.41) is 13.9. The summed E-state index contributed by atoms with van der Waals surface area (Å²) in [6.07, 6.45) is 0.598. The van der Waals surface area contributed by atoms with Gasteiger partial charge in [-0.3, -0.25) is 14.9 Å². The number of ether oxygens (including phenoxy) is 2. The van der Waals surface area contributed by atoms with E-state index in [0.717, 1.165) is 6.07 Å². The Morgan fingerprint density at radius 1 is 1.16 bits per heavy atom. The lowest BCUT2D eigenvalue weighted by Gasteiger charge is -2.07. The number of nitrogens with zero attached hydrogens (tertiary/aromatic N) is 1. The minimum Gasteiger partial charge on any atom is -0.423 e. The lowest BCUT2D eigenvalue weighted by Crippen LogP contribution is -2.29. The molecule has 31 heavy (non-hydrogen) atoms. The van der Waals surface area contributed by atoms with Crippen molar-refractivity contribution in [2.24, 2.45) is 0 Å². The van der Waals surface area contributed by atoms with Crippen LogP contribution in [0.15, 0.2) is 57.7 Å². The van der Waals surface area contributed by atoms with Crippen molar-refractivity contribution in [3.63, 3.8) is 0 Å². The largest absolute Gasteiger partial charge is 0.423 e. The number of amides is 1. The number of rotatable bonds is 8. The van der Waals surface area contributed by atoms with Gasteiger partial charge in [-0.1, -0.05) is 6.07 Å². The van der Waals surface area contributed by atoms with E-state index in [2.05, 4.69) is 5.32 Å². The molecule has 10 heteroatoms. The molecule has 0 unspecified atom stereocenters. The molecule has 1 amide bonds. The molecule has 160 valence electrons. The maximum Gasteiger partial charge on any atom is 0.349 e. The number of carbonyl (C=O) groups excluding carboxylic acids is 2. The summed E-state index contributed by atoms with van der Waals surface area (Å²) in [5.74, 6) is -1.30. The van der Waals surface area contributed by atoms with E-state index in [1.165, 1.54) is 42.5 Å². The molecule has 0 aliphatic heterocycles. The fourth-order valence-electron chi connectivity index (χ4n) is 2.74. The number of benzene rings is 2. The number of methoxy groups -OCH3 is 1. The second kappa shape index (κ2) is 9.63. The van der Waals surface area contributed by atoms with Crippen molar-refractivity contribution in [1.29, 1.82) is 0 Å². The quantitative estimate of drug-likeness (QED) is 0.145. The maximum atomic E-state index is 12.3. The average Bonchev–Trinajstić information content (AvgIpc) is 2.76. The highest BCUT2D eigenvalue weighted by atomic mass is 16.6. The Kier molecular flexibility index (Phi) is 6.73. The van der Waals surface area contributed by atoms with E-state index in [9.17, 15) is 24.5 Å². The predicted octanol–water partition coefficient (Wildman–Crippen LogP) is 2.69. The molecule has 0 atom stereocenters. The molecule has 3 aromatic rings. The molecule has 2 aromatic carbocycles. The maximum absolute atomic E-state index is 12.3. The first kappa shape index (κ1) is 21.7. The van der Waals surface area contributed by atoms with E-state index in [4.69, 9.17) is 13.9 Å². The van der Waals surface area contributed by atoms with Gasteiger partial charge in [0.25, 0.3) is 11.6 Å². The number of nitro groups is 1. The van der Waals surface area contributed by atoms with Crippen LogP contribution in [0.3, 0.4) is 0 Å². The summed E-state index contributed by atoms with van der Waals surface area (Å²) in [6.45, 7) is 0.821. The number of hydrogen-bond acceptors (Lipinski definition) is 8. The molecular formula is C21H18N2O8. The molecule has 0 bridgehead atoms. The van der Waals surface area contributed by atoms with Crippen LogP contribution in [0, 0.1) is 10.1 Å². The topological polar surface area (TPSA) is 138 Å². The zero-order chi connectivity index (χ0) is 22.4. The minimum absolute atomic E-state index is 0.00348. The van der Waals surface area contributed by atoms with Gasteiger partial charge in [0.1, 0.15) is 16.9 Å². The van der Waals surface area contributed by atoms with Crippen molar-refractivity contribution >= 4 is 28.5 Å². The third kappa shape index (κ3) is 5.31. The Hall–Kier alpha value is -4.05. The number of esters is 1. The van der Waals surface area contributed by atoms with Gasteiger partial charge in [-0.25, -0.2) is 9.59 Å². The molecular weight excluding hydrogens is 408 g/mol. The third-order valence-corrected chi connectivity index (χ3v) is 4.27. The van der Waals surface area contributed by atoms with Crippen molar-refractivity contribution in [3.8, 4) is 5.75 Å². The van der Waals surface area contributed by atoms with Gasteiger partial charge in [0, 0.05) is 43.8 Å².